The lowest BCUT2D eigenvalue weighted by Crippen LogP contribution is -2.42. The summed E-state index contributed by atoms with van der Waals surface area (Å²) in [5.41, 5.74) is -0.394. The largest absolute Gasteiger partial charge is 0.381 e. The Balaban J connectivity index is 3.08. The van der Waals surface area contributed by atoms with Crippen LogP contribution >= 0.6 is 0 Å². The van der Waals surface area contributed by atoms with Crippen molar-refractivity contribution in [2.45, 2.75) is 39.7 Å². The molecule has 3 nitrogen and oxygen atoms in total. The second-order valence-electron chi connectivity index (χ2n) is 5.09. The van der Waals surface area contributed by atoms with Gasteiger partial charge in [0.15, 0.2) is 0 Å². The van der Waals surface area contributed by atoms with Gasteiger partial charge in [-0.1, -0.05) is 20.8 Å². The lowest BCUT2D eigenvalue weighted by Gasteiger charge is -2.41. The van der Waals surface area contributed by atoms with E-state index in [0.29, 0.717) is 0 Å². The van der Waals surface area contributed by atoms with Crippen LogP contribution in [-0.4, -0.2) is 13.2 Å². The van der Waals surface area contributed by atoms with Gasteiger partial charge >= 0.3 is 0 Å². The Morgan fingerprint density at radius 1 is 1.27 bits per heavy atom. The third-order valence-corrected chi connectivity index (χ3v) is 4.38. The van der Waals surface area contributed by atoms with Gasteiger partial charge < -0.3 is 4.74 Å². The first-order valence-corrected chi connectivity index (χ1v) is 5.26. The molecule has 0 aliphatic heterocycles. The van der Waals surface area contributed by atoms with Crippen LogP contribution in [0.15, 0.2) is 0 Å². The van der Waals surface area contributed by atoms with Crippen LogP contribution in [0.1, 0.15) is 33.6 Å². The standard InChI is InChI=1S/C12H18N2O/c1-11(2)10(15-4)5-6-12(11,3)9(7-13)8-14/h9-10H,5-6H2,1-4H3. The second kappa shape index (κ2) is 3.83. The molecule has 0 spiro atoms. The minimum Gasteiger partial charge on any atom is -0.381 e. The highest BCUT2D eigenvalue weighted by Crippen LogP contribution is 2.57. The SMILES string of the molecule is COC1CCC(C)(C(C#N)C#N)C1(C)C. The molecule has 0 radical (unpaired) electrons. The van der Waals surface area contributed by atoms with Crippen LogP contribution in [0.3, 0.4) is 0 Å². The van der Waals surface area contributed by atoms with Crippen LogP contribution < -0.4 is 0 Å². The molecule has 1 fully saturated rings. The summed E-state index contributed by atoms with van der Waals surface area (Å²) in [5.74, 6) is -0.548. The molecule has 3 heteroatoms. The Morgan fingerprint density at radius 2 is 1.80 bits per heavy atom. The third-order valence-electron chi connectivity index (χ3n) is 4.38. The number of methoxy groups -OCH3 is 1. The Labute approximate surface area is 91.6 Å². The van der Waals surface area contributed by atoms with E-state index < -0.39 is 5.92 Å². The lowest BCUT2D eigenvalue weighted by molar-refractivity contribution is -0.0254. The number of rotatable bonds is 2. The molecule has 0 saturated heterocycles. The minimum atomic E-state index is -0.548. The second-order valence-corrected chi connectivity index (χ2v) is 5.09. The molecule has 1 aliphatic rings. The fourth-order valence-electron chi connectivity index (χ4n) is 2.72. The van der Waals surface area contributed by atoms with Crippen molar-refractivity contribution in [3.63, 3.8) is 0 Å². The van der Waals surface area contributed by atoms with Gasteiger partial charge in [0.05, 0.1) is 18.2 Å². The molecule has 1 rings (SSSR count). The Kier molecular flexibility index (Phi) is 3.07. The molecule has 15 heavy (non-hydrogen) atoms. The fourth-order valence-corrected chi connectivity index (χ4v) is 2.72. The van der Waals surface area contributed by atoms with Crippen LogP contribution in [0.4, 0.5) is 0 Å². The van der Waals surface area contributed by atoms with E-state index in [1.165, 1.54) is 0 Å². The molecule has 0 aromatic rings. The summed E-state index contributed by atoms with van der Waals surface area (Å²) in [5, 5.41) is 18.1. The number of ether oxygens (including phenoxy) is 1. The van der Waals surface area contributed by atoms with E-state index in [2.05, 4.69) is 26.0 Å². The van der Waals surface area contributed by atoms with Crippen molar-refractivity contribution >= 4 is 0 Å². The van der Waals surface area contributed by atoms with Gasteiger partial charge in [-0.2, -0.15) is 10.5 Å². The van der Waals surface area contributed by atoms with E-state index in [9.17, 15) is 0 Å². The first-order valence-electron chi connectivity index (χ1n) is 5.26. The molecule has 2 unspecified atom stereocenters. The highest BCUT2D eigenvalue weighted by molar-refractivity contribution is 5.16. The summed E-state index contributed by atoms with van der Waals surface area (Å²) in [6, 6.07) is 4.24. The van der Waals surface area contributed by atoms with E-state index in [-0.39, 0.29) is 16.9 Å². The average Bonchev–Trinajstić information content (AvgIpc) is 2.41. The van der Waals surface area contributed by atoms with Gasteiger partial charge in [0, 0.05) is 12.5 Å². The minimum absolute atomic E-state index is 0.127. The van der Waals surface area contributed by atoms with Crippen molar-refractivity contribution in [1.29, 1.82) is 10.5 Å². The zero-order valence-electron chi connectivity index (χ0n) is 9.87. The molecule has 0 aromatic carbocycles. The summed E-state index contributed by atoms with van der Waals surface area (Å²) < 4.78 is 5.44. The van der Waals surface area contributed by atoms with Gasteiger partial charge in [0.1, 0.15) is 5.92 Å². The normalized spacial score (nSPS) is 33.7. The van der Waals surface area contributed by atoms with Crippen LogP contribution in [-0.2, 0) is 4.74 Å². The maximum absolute atomic E-state index is 9.03. The maximum atomic E-state index is 9.03. The highest BCUT2D eigenvalue weighted by atomic mass is 16.5. The van der Waals surface area contributed by atoms with E-state index in [4.69, 9.17) is 15.3 Å². The Hall–Kier alpha value is -1.06. The van der Waals surface area contributed by atoms with Crippen molar-refractivity contribution in [2.24, 2.45) is 16.7 Å². The number of nitriles is 2. The predicted octanol–water partition coefficient (Wildman–Crippen LogP) is 2.49. The maximum Gasteiger partial charge on any atom is 0.139 e. The van der Waals surface area contributed by atoms with Gasteiger partial charge in [-0.3, -0.25) is 0 Å². The molecule has 0 heterocycles. The lowest BCUT2D eigenvalue weighted by atomic mass is 9.62. The molecule has 0 N–H and O–H groups in total. The van der Waals surface area contributed by atoms with Gasteiger partial charge in [-0.05, 0) is 18.3 Å². The molecule has 0 amide bonds. The first kappa shape index (κ1) is 12.0. The number of hydrogen-bond acceptors (Lipinski definition) is 3. The van der Waals surface area contributed by atoms with Crippen molar-refractivity contribution in [1.82, 2.24) is 0 Å². The summed E-state index contributed by atoms with van der Waals surface area (Å²) in [6.45, 7) is 6.22. The number of nitrogens with zero attached hydrogens (tertiary/aromatic N) is 2. The summed E-state index contributed by atoms with van der Waals surface area (Å²) in [4.78, 5) is 0. The molecular formula is C12H18N2O. The molecule has 2 atom stereocenters. The highest BCUT2D eigenvalue weighted by Gasteiger charge is 2.56. The molecule has 1 aliphatic carbocycles. The monoisotopic (exact) mass is 206 g/mol. The molecule has 0 bridgehead atoms. The van der Waals surface area contributed by atoms with Gasteiger partial charge in [0.2, 0.25) is 0 Å². The van der Waals surface area contributed by atoms with E-state index in [1.807, 2.05) is 6.92 Å². The van der Waals surface area contributed by atoms with Crippen molar-refractivity contribution < 1.29 is 4.74 Å². The molecular weight excluding hydrogens is 188 g/mol. The van der Waals surface area contributed by atoms with Gasteiger partial charge in [0.25, 0.3) is 0 Å². The zero-order valence-corrected chi connectivity index (χ0v) is 9.87. The third kappa shape index (κ3) is 1.52. The van der Waals surface area contributed by atoms with Crippen LogP contribution in [0.5, 0.6) is 0 Å². The predicted molar refractivity (Wildman–Crippen MR) is 56.6 cm³/mol. The molecule has 82 valence electrons. The fraction of sp³-hybridized carbons (Fsp3) is 0.833. The van der Waals surface area contributed by atoms with Crippen LogP contribution in [0, 0.1) is 39.4 Å². The topological polar surface area (TPSA) is 56.8 Å². The van der Waals surface area contributed by atoms with Crippen molar-refractivity contribution in [3.8, 4) is 12.1 Å². The summed E-state index contributed by atoms with van der Waals surface area (Å²) >= 11 is 0. The first-order chi connectivity index (χ1) is 6.94. The quantitative estimate of drug-likeness (QED) is 0.697. The van der Waals surface area contributed by atoms with E-state index >= 15 is 0 Å². The van der Waals surface area contributed by atoms with Crippen molar-refractivity contribution in [2.75, 3.05) is 7.11 Å². The van der Waals surface area contributed by atoms with E-state index in [1.54, 1.807) is 7.11 Å². The molecule has 1 saturated carbocycles. The van der Waals surface area contributed by atoms with Crippen molar-refractivity contribution in [3.05, 3.63) is 0 Å². The summed E-state index contributed by atoms with van der Waals surface area (Å²) in [7, 11) is 1.70. The van der Waals surface area contributed by atoms with E-state index in [0.717, 1.165) is 12.8 Å². The zero-order chi connectivity index (χ0) is 11.7. The smallest absolute Gasteiger partial charge is 0.139 e. The van der Waals surface area contributed by atoms with Crippen LogP contribution in [0.2, 0.25) is 0 Å². The average molecular weight is 206 g/mol. The van der Waals surface area contributed by atoms with Gasteiger partial charge in [-0.15, -0.1) is 0 Å². The Morgan fingerprint density at radius 3 is 2.13 bits per heavy atom. The number of hydrogen-bond donors (Lipinski definition) is 0. The molecule has 0 aromatic heterocycles. The van der Waals surface area contributed by atoms with Crippen LogP contribution in [0.25, 0.3) is 0 Å². The van der Waals surface area contributed by atoms with Gasteiger partial charge in [-0.25, -0.2) is 0 Å². The summed E-state index contributed by atoms with van der Waals surface area (Å²) in [6.07, 6.45) is 1.95. The Bertz CT molecular complexity index is 309.